The number of methoxy groups -OCH3 is 2. The van der Waals surface area contributed by atoms with Gasteiger partial charge in [0, 0.05) is 18.0 Å². The maximum atomic E-state index is 13.4. The van der Waals surface area contributed by atoms with Gasteiger partial charge < -0.3 is 14.2 Å². The summed E-state index contributed by atoms with van der Waals surface area (Å²) in [5.74, 6) is -0.0768. The number of amides is 1. The van der Waals surface area contributed by atoms with E-state index in [1.807, 2.05) is 0 Å². The SMILES string of the molecule is COc1cccc(OC2CCC2)c1S(=N)(=O)NC(=O)c1ccc(Cn2cccn2)c(OC)n1. The number of aromatic nitrogens is 3. The highest BCUT2D eigenvalue weighted by Gasteiger charge is 2.28. The van der Waals surface area contributed by atoms with E-state index in [0.29, 0.717) is 12.1 Å². The van der Waals surface area contributed by atoms with Crippen LogP contribution in [0.15, 0.2) is 53.7 Å². The minimum absolute atomic E-state index is 0.00461. The number of carbonyl (C=O) groups is 1. The lowest BCUT2D eigenvalue weighted by Crippen LogP contribution is -2.32. The predicted molar refractivity (Wildman–Crippen MR) is 120 cm³/mol. The smallest absolute Gasteiger partial charge is 0.282 e. The Labute approximate surface area is 192 Å². The summed E-state index contributed by atoms with van der Waals surface area (Å²) in [5, 5.41) is 4.15. The molecule has 2 aromatic heterocycles. The van der Waals surface area contributed by atoms with Gasteiger partial charge in [-0.15, -0.1) is 0 Å². The van der Waals surface area contributed by atoms with Gasteiger partial charge in [-0.3, -0.25) is 14.2 Å². The number of hydrogen-bond donors (Lipinski definition) is 2. The fourth-order valence-electron chi connectivity index (χ4n) is 3.40. The minimum Gasteiger partial charge on any atom is -0.495 e. The van der Waals surface area contributed by atoms with Crippen LogP contribution >= 0.6 is 0 Å². The third kappa shape index (κ3) is 4.92. The second-order valence-corrected chi connectivity index (χ2v) is 9.24. The van der Waals surface area contributed by atoms with Crippen LogP contribution in [0.4, 0.5) is 0 Å². The molecule has 4 rings (SSSR count). The van der Waals surface area contributed by atoms with Crippen molar-refractivity contribution in [1.29, 1.82) is 4.78 Å². The molecule has 1 aliphatic rings. The van der Waals surface area contributed by atoms with Crippen LogP contribution in [-0.4, -0.2) is 45.2 Å². The zero-order chi connectivity index (χ0) is 23.4. The quantitative estimate of drug-likeness (QED) is 0.491. The van der Waals surface area contributed by atoms with Gasteiger partial charge in [-0.05, 0) is 49.6 Å². The van der Waals surface area contributed by atoms with Crippen molar-refractivity contribution in [3.63, 3.8) is 0 Å². The first-order valence-electron chi connectivity index (χ1n) is 10.4. The summed E-state index contributed by atoms with van der Waals surface area (Å²) in [6.45, 7) is 0.406. The van der Waals surface area contributed by atoms with Crippen LogP contribution in [0.5, 0.6) is 17.4 Å². The average Bonchev–Trinajstić information content (AvgIpc) is 3.29. The van der Waals surface area contributed by atoms with Crippen molar-refractivity contribution in [3.8, 4) is 17.4 Å². The predicted octanol–water partition coefficient (Wildman–Crippen LogP) is 3.03. The fraction of sp³-hybridized carbons (Fsp3) is 0.318. The lowest BCUT2D eigenvalue weighted by atomic mass is 9.96. The number of ether oxygens (including phenoxy) is 3. The summed E-state index contributed by atoms with van der Waals surface area (Å²) in [7, 11) is -0.968. The van der Waals surface area contributed by atoms with Gasteiger partial charge in [-0.2, -0.15) is 5.10 Å². The second-order valence-electron chi connectivity index (χ2n) is 7.51. The zero-order valence-electron chi connectivity index (χ0n) is 18.3. The Balaban J connectivity index is 1.59. The molecular weight excluding hydrogens is 446 g/mol. The van der Waals surface area contributed by atoms with Gasteiger partial charge in [0.05, 0.1) is 26.9 Å². The van der Waals surface area contributed by atoms with E-state index in [4.69, 9.17) is 19.0 Å². The van der Waals surface area contributed by atoms with Crippen molar-refractivity contribution in [1.82, 2.24) is 19.5 Å². The molecule has 0 radical (unpaired) electrons. The molecule has 3 aromatic rings. The molecule has 10 nitrogen and oxygen atoms in total. The third-order valence-corrected chi connectivity index (χ3v) is 6.74. The molecular formula is C22H25N5O5S. The highest BCUT2D eigenvalue weighted by atomic mass is 32.2. The van der Waals surface area contributed by atoms with Crippen LogP contribution in [0.3, 0.4) is 0 Å². The molecule has 0 bridgehead atoms. The summed E-state index contributed by atoms with van der Waals surface area (Å²) in [6.07, 6.45) is 6.28. The van der Waals surface area contributed by atoms with Crippen LogP contribution in [0, 0.1) is 4.78 Å². The number of pyridine rings is 1. The molecule has 174 valence electrons. The highest BCUT2D eigenvalue weighted by Crippen LogP contribution is 2.36. The Bertz CT molecular complexity index is 1240. The van der Waals surface area contributed by atoms with Crippen LogP contribution in [-0.2, 0) is 16.5 Å². The molecule has 1 saturated carbocycles. The first-order chi connectivity index (χ1) is 15.9. The van der Waals surface area contributed by atoms with E-state index >= 15 is 0 Å². The number of rotatable bonds is 9. The molecule has 1 unspecified atom stereocenters. The lowest BCUT2D eigenvalue weighted by Gasteiger charge is -2.28. The van der Waals surface area contributed by atoms with E-state index in [2.05, 4.69) is 14.8 Å². The molecule has 0 aliphatic heterocycles. The van der Waals surface area contributed by atoms with Gasteiger partial charge in [-0.1, -0.05) is 6.07 Å². The number of carbonyl (C=O) groups excluding carboxylic acids is 1. The van der Waals surface area contributed by atoms with Crippen LogP contribution in [0.1, 0.15) is 35.3 Å². The maximum Gasteiger partial charge on any atom is 0.282 e. The van der Waals surface area contributed by atoms with Crippen molar-refractivity contribution in [2.24, 2.45) is 0 Å². The van der Waals surface area contributed by atoms with Crippen molar-refractivity contribution in [2.75, 3.05) is 14.2 Å². The van der Waals surface area contributed by atoms with E-state index in [1.165, 1.54) is 20.3 Å². The molecule has 1 fully saturated rings. The lowest BCUT2D eigenvalue weighted by molar-refractivity contribution is 0.0976. The van der Waals surface area contributed by atoms with E-state index in [1.54, 1.807) is 47.4 Å². The Morgan fingerprint density at radius 3 is 2.61 bits per heavy atom. The van der Waals surface area contributed by atoms with Crippen LogP contribution in [0.25, 0.3) is 0 Å². The topological polar surface area (TPSA) is 128 Å². The van der Waals surface area contributed by atoms with Gasteiger partial charge in [0.1, 0.15) is 17.2 Å². The summed E-state index contributed by atoms with van der Waals surface area (Å²) < 4.78 is 42.4. The maximum absolute atomic E-state index is 13.4. The summed E-state index contributed by atoms with van der Waals surface area (Å²) in [4.78, 5) is 17.1. The van der Waals surface area contributed by atoms with Gasteiger partial charge in [0.25, 0.3) is 5.91 Å². The van der Waals surface area contributed by atoms with Gasteiger partial charge >= 0.3 is 0 Å². The van der Waals surface area contributed by atoms with Gasteiger partial charge in [0.15, 0.2) is 14.8 Å². The summed E-state index contributed by atoms with van der Waals surface area (Å²) in [5.41, 5.74) is 0.678. The van der Waals surface area contributed by atoms with E-state index in [0.717, 1.165) is 19.3 Å². The van der Waals surface area contributed by atoms with E-state index < -0.39 is 15.8 Å². The molecule has 0 saturated heterocycles. The molecule has 1 atom stereocenters. The second kappa shape index (κ2) is 9.49. The molecule has 1 aromatic carbocycles. The van der Waals surface area contributed by atoms with Gasteiger partial charge in [-0.25, -0.2) is 14.0 Å². The standard InChI is InChI=1S/C22H25N5O5S/c1-30-18-8-4-9-19(32-16-6-3-7-16)20(18)33(23,29)26-21(28)17-11-10-15(22(25-17)31-2)14-27-13-5-12-24-27/h4-5,8-13,16H,3,6-7,14H2,1-2H3,(H2,23,26,28,29). The molecule has 0 spiro atoms. The molecule has 11 heteroatoms. The Hall–Kier alpha value is -3.60. The highest BCUT2D eigenvalue weighted by molar-refractivity contribution is 7.91. The van der Waals surface area contributed by atoms with Crippen LogP contribution < -0.4 is 18.9 Å². The minimum atomic E-state index is -3.83. The Morgan fingerprint density at radius 2 is 1.97 bits per heavy atom. The van der Waals surface area contributed by atoms with Crippen molar-refractivity contribution >= 4 is 15.8 Å². The molecule has 2 N–H and O–H groups in total. The van der Waals surface area contributed by atoms with E-state index in [-0.39, 0.29) is 34.1 Å². The van der Waals surface area contributed by atoms with Gasteiger partial charge in [0.2, 0.25) is 5.88 Å². The van der Waals surface area contributed by atoms with Crippen molar-refractivity contribution in [3.05, 3.63) is 60.0 Å². The number of hydrogen-bond acceptors (Lipinski definition) is 8. The van der Waals surface area contributed by atoms with Crippen molar-refractivity contribution < 1.29 is 23.2 Å². The first kappa shape index (κ1) is 22.6. The third-order valence-electron chi connectivity index (χ3n) is 5.29. The molecule has 2 heterocycles. The largest absolute Gasteiger partial charge is 0.495 e. The Kier molecular flexibility index (Phi) is 6.50. The summed E-state index contributed by atoms with van der Waals surface area (Å²) in [6, 6.07) is 9.87. The normalized spacial score (nSPS) is 15.2. The molecule has 1 aliphatic carbocycles. The van der Waals surface area contributed by atoms with Crippen LogP contribution in [0.2, 0.25) is 0 Å². The number of nitrogens with one attached hydrogen (secondary N) is 2. The molecule has 33 heavy (non-hydrogen) atoms. The number of nitrogens with zero attached hydrogens (tertiary/aromatic N) is 3. The zero-order valence-corrected chi connectivity index (χ0v) is 19.1. The number of benzene rings is 1. The fourth-order valence-corrected chi connectivity index (χ4v) is 4.70. The van der Waals surface area contributed by atoms with Crippen molar-refractivity contribution in [2.45, 2.75) is 36.8 Å². The first-order valence-corrected chi connectivity index (χ1v) is 11.9. The summed E-state index contributed by atoms with van der Waals surface area (Å²) >= 11 is 0. The monoisotopic (exact) mass is 471 g/mol. The Morgan fingerprint density at radius 1 is 1.18 bits per heavy atom. The average molecular weight is 472 g/mol. The van der Waals surface area contributed by atoms with E-state index in [9.17, 15) is 9.00 Å². The molecule has 1 amide bonds.